The van der Waals surface area contributed by atoms with E-state index in [0.29, 0.717) is 5.82 Å². The van der Waals surface area contributed by atoms with Gasteiger partial charge in [-0.1, -0.05) is 165 Å². The van der Waals surface area contributed by atoms with Crippen molar-refractivity contribution in [2.24, 2.45) is 0 Å². The summed E-state index contributed by atoms with van der Waals surface area (Å²) in [5, 5.41) is 6.22. The maximum Gasteiger partial charge on any atom is 0.160 e. The summed E-state index contributed by atoms with van der Waals surface area (Å²) in [5.41, 5.74) is 19.9. The summed E-state index contributed by atoms with van der Waals surface area (Å²) in [5.74, 6) is 0.687. The van der Waals surface area contributed by atoms with E-state index in [1.165, 1.54) is 54.8 Å². The highest BCUT2D eigenvalue weighted by Crippen LogP contribution is 2.51. The van der Waals surface area contributed by atoms with Crippen LogP contribution in [-0.2, 0) is 0 Å². The third-order valence-electron chi connectivity index (χ3n) is 13.4. The van der Waals surface area contributed by atoms with Gasteiger partial charge in [0.05, 0.1) is 33.6 Å². The number of aromatic nitrogens is 4. The van der Waals surface area contributed by atoms with Gasteiger partial charge in [0.2, 0.25) is 0 Å². The molecule has 13 rings (SSSR count). The van der Waals surface area contributed by atoms with E-state index in [1.807, 2.05) is 48.6 Å². The number of hydrogen-bond acceptors (Lipinski definition) is 2. The summed E-state index contributed by atoms with van der Waals surface area (Å²) < 4.78 is 4.73. The van der Waals surface area contributed by atoms with Crippen LogP contribution in [0.25, 0.3) is 134 Å². The Bertz CT molecular complexity index is 3890. The second kappa shape index (κ2) is 14.9. The highest BCUT2D eigenvalue weighted by Gasteiger charge is 2.26. The van der Waals surface area contributed by atoms with Crippen LogP contribution >= 0.6 is 0 Å². The average molecular weight is 841 g/mol. The van der Waals surface area contributed by atoms with E-state index >= 15 is 0 Å². The summed E-state index contributed by atoms with van der Waals surface area (Å²) in [7, 11) is 0. The van der Waals surface area contributed by atoms with Gasteiger partial charge in [-0.15, -0.1) is 0 Å². The first-order chi connectivity index (χ1) is 32.6. The number of nitrogens with zero attached hydrogens (tertiary/aromatic N) is 4. The predicted octanol–water partition coefficient (Wildman–Crippen LogP) is 16.3. The first-order valence-electron chi connectivity index (χ1n) is 22.4. The number of rotatable bonds is 8. The lowest BCUT2D eigenvalue weighted by atomic mass is 9.96. The van der Waals surface area contributed by atoms with Crippen LogP contribution in [0.15, 0.2) is 219 Å². The van der Waals surface area contributed by atoms with Gasteiger partial charge in [0, 0.05) is 49.8 Å². The molecule has 0 N–H and O–H groups in total. The van der Waals surface area contributed by atoms with Crippen LogP contribution < -0.4 is 0 Å². The van der Waals surface area contributed by atoms with Gasteiger partial charge in [-0.3, -0.25) is 0 Å². The Labute approximate surface area is 382 Å². The molecule has 0 spiro atoms. The van der Waals surface area contributed by atoms with E-state index in [4.69, 9.17) is 9.97 Å². The van der Waals surface area contributed by atoms with Crippen LogP contribution in [0.4, 0.5) is 0 Å². The van der Waals surface area contributed by atoms with Gasteiger partial charge < -0.3 is 9.13 Å². The van der Waals surface area contributed by atoms with Gasteiger partial charge in [0.15, 0.2) is 5.82 Å². The third-order valence-corrected chi connectivity index (χ3v) is 13.4. The highest BCUT2D eigenvalue weighted by atomic mass is 15.0. The Balaban J connectivity index is 0.973. The lowest BCUT2D eigenvalue weighted by Gasteiger charge is -2.13. The van der Waals surface area contributed by atoms with Gasteiger partial charge in [0.1, 0.15) is 0 Å². The van der Waals surface area contributed by atoms with E-state index in [0.717, 1.165) is 72.7 Å². The van der Waals surface area contributed by atoms with Gasteiger partial charge in [-0.25, -0.2) is 9.97 Å². The number of benzene rings is 9. The third kappa shape index (κ3) is 5.72. The van der Waals surface area contributed by atoms with Gasteiger partial charge in [0.25, 0.3) is 0 Å². The maximum atomic E-state index is 5.14. The van der Waals surface area contributed by atoms with Crippen molar-refractivity contribution >= 4 is 55.6 Å². The van der Waals surface area contributed by atoms with Crippen molar-refractivity contribution < 1.29 is 0 Å². The van der Waals surface area contributed by atoms with Crippen LogP contribution in [-0.4, -0.2) is 19.1 Å². The molecule has 3 aromatic heterocycles. The highest BCUT2D eigenvalue weighted by molar-refractivity contribution is 6.29. The molecule has 3 heterocycles. The topological polar surface area (TPSA) is 35.6 Å². The molecule has 0 saturated heterocycles. The van der Waals surface area contributed by atoms with E-state index in [1.54, 1.807) is 0 Å². The standard InChI is InChI=1S/C62H40N4/c1-3-46-51-35-41(42-31-33-58-53(36-42)61-50-29-17-28-49-47-26-14-15-27-48(47)52(60(49)50)37-59(61)65(58)44-23-12-7-13-24-44)30-32-57(51)66(56(46)4-2)45-25-16-22-43(34-45)55-38-54(39-18-8-5-9-19-39)63-62(64-55)40-20-10-6-11-21-40/h3-38H,1-2H2. The molecule has 12 aromatic rings. The lowest BCUT2D eigenvalue weighted by molar-refractivity contribution is 1.10. The van der Waals surface area contributed by atoms with Crippen LogP contribution in [0.3, 0.4) is 0 Å². The molecule has 0 bridgehead atoms. The Morgan fingerprint density at radius 1 is 0.348 bits per heavy atom. The van der Waals surface area contributed by atoms with Gasteiger partial charge in [-0.2, -0.15) is 0 Å². The minimum absolute atomic E-state index is 0.687. The van der Waals surface area contributed by atoms with Gasteiger partial charge in [-0.05, 0) is 111 Å². The van der Waals surface area contributed by atoms with E-state index in [-0.39, 0.29) is 0 Å². The molecule has 0 saturated carbocycles. The number of hydrogen-bond donors (Lipinski definition) is 0. The Hall–Kier alpha value is -8.86. The monoisotopic (exact) mass is 840 g/mol. The summed E-state index contributed by atoms with van der Waals surface area (Å²) in [4.78, 5) is 10.2. The molecule has 308 valence electrons. The summed E-state index contributed by atoms with van der Waals surface area (Å²) in [6.45, 7) is 8.66. The summed E-state index contributed by atoms with van der Waals surface area (Å²) in [6, 6.07) is 73.8. The molecule has 0 aliphatic heterocycles. The Morgan fingerprint density at radius 2 is 0.924 bits per heavy atom. The van der Waals surface area contributed by atoms with Crippen molar-refractivity contribution in [3.8, 4) is 78.7 Å². The van der Waals surface area contributed by atoms with Crippen molar-refractivity contribution in [2.45, 2.75) is 0 Å². The van der Waals surface area contributed by atoms with Crippen molar-refractivity contribution in [3.63, 3.8) is 0 Å². The molecule has 4 heteroatoms. The molecular weight excluding hydrogens is 801 g/mol. The fourth-order valence-corrected chi connectivity index (χ4v) is 10.5. The van der Waals surface area contributed by atoms with Crippen molar-refractivity contribution in [3.05, 3.63) is 231 Å². The SMILES string of the molecule is C=Cc1c(C=C)n(-c2cccc(-c3cc(-c4ccccc4)nc(-c4ccccc4)n3)c2)c2ccc(-c3ccc4c(c3)c3c5cccc6c5c(cc3n4-c3ccccc3)-c3ccccc3-6)cc12. The molecule has 0 fully saturated rings. The van der Waals surface area contributed by atoms with Crippen LogP contribution in [0.5, 0.6) is 0 Å². The first kappa shape index (κ1) is 37.7. The van der Waals surface area contributed by atoms with E-state index in [2.05, 4.69) is 192 Å². The normalized spacial score (nSPS) is 11.8. The average Bonchev–Trinajstić information content (AvgIpc) is 4.02. The van der Waals surface area contributed by atoms with Crippen LogP contribution in [0, 0.1) is 0 Å². The quantitative estimate of drug-likeness (QED) is 0.153. The Morgan fingerprint density at radius 3 is 1.64 bits per heavy atom. The summed E-state index contributed by atoms with van der Waals surface area (Å²) in [6.07, 6.45) is 3.90. The minimum atomic E-state index is 0.687. The Kier molecular flexibility index (Phi) is 8.49. The molecule has 0 atom stereocenters. The van der Waals surface area contributed by atoms with Crippen molar-refractivity contribution in [2.75, 3.05) is 0 Å². The second-order valence-electron chi connectivity index (χ2n) is 17.0. The zero-order valence-electron chi connectivity index (χ0n) is 36.0. The van der Waals surface area contributed by atoms with Gasteiger partial charge >= 0.3 is 0 Å². The molecule has 0 unspecified atom stereocenters. The van der Waals surface area contributed by atoms with Crippen LogP contribution in [0.2, 0.25) is 0 Å². The smallest absolute Gasteiger partial charge is 0.160 e. The fraction of sp³-hybridized carbons (Fsp3) is 0. The summed E-state index contributed by atoms with van der Waals surface area (Å²) >= 11 is 0. The zero-order chi connectivity index (χ0) is 43.9. The molecule has 1 aliphatic rings. The minimum Gasteiger partial charge on any atom is -0.309 e. The van der Waals surface area contributed by atoms with Crippen molar-refractivity contribution in [1.29, 1.82) is 0 Å². The molecular formula is C62H40N4. The maximum absolute atomic E-state index is 5.14. The molecule has 66 heavy (non-hydrogen) atoms. The first-order valence-corrected chi connectivity index (χ1v) is 22.4. The molecule has 9 aromatic carbocycles. The van der Waals surface area contributed by atoms with E-state index in [9.17, 15) is 0 Å². The predicted molar refractivity (Wildman–Crippen MR) is 277 cm³/mol. The molecule has 1 aliphatic carbocycles. The number of para-hydroxylation sites is 1. The number of fused-ring (bicyclic) bond motifs is 8. The zero-order valence-corrected chi connectivity index (χ0v) is 36.0. The van der Waals surface area contributed by atoms with Crippen LogP contribution in [0.1, 0.15) is 11.3 Å². The second-order valence-corrected chi connectivity index (χ2v) is 17.0. The largest absolute Gasteiger partial charge is 0.309 e. The van der Waals surface area contributed by atoms with E-state index < -0.39 is 0 Å². The molecule has 0 amide bonds. The molecule has 0 radical (unpaired) electrons. The molecule has 4 nitrogen and oxygen atoms in total. The fourth-order valence-electron chi connectivity index (χ4n) is 10.5. The van der Waals surface area contributed by atoms with Crippen molar-refractivity contribution in [1.82, 2.24) is 19.1 Å². The lowest BCUT2D eigenvalue weighted by Crippen LogP contribution is -1.99.